The fourth-order valence-electron chi connectivity index (χ4n) is 5.48. The van der Waals surface area contributed by atoms with Crippen molar-refractivity contribution < 1.29 is 4.42 Å². The van der Waals surface area contributed by atoms with E-state index >= 15 is 0 Å². The van der Waals surface area contributed by atoms with E-state index in [9.17, 15) is 0 Å². The van der Waals surface area contributed by atoms with Crippen LogP contribution in [0.15, 0.2) is 77.4 Å². The summed E-state index contributed by atoms with van der Waals surface area (Å²) < 4.78 is 6.42. The zero-order valence-electron chi connectivity index (χ0n) is 18.8. The molecule has 2 heterocycles. The normalized spacial score (nSPS) is 13.4. The molecule has 33 heavy (non-hydrogen) atoms. The van der Waals surface area contributed by atoms with Crippen LogP contribution in [0.5, 0.6) is 0 Å². The van der Waals surface area contributed by atoms with Gasteiger partial charge >= 0.3 is 0 Å². The average molecular weight is 426 g/mol. The first kappa shape index (κ1) is 18.6. The van der Waals surface area contributed by atoms with E-state index in [2.05, 4.69) is 86.7 Å². The largest absolute Gasteiger partial charge is 0.456 e. The standard InChI is InChI=1S/C31H23NO/c1-18-14-28(32-17-19(18)2)24-12-7-13-29-31(24)27-15-25-22-10-5-3-8-20(22)21-9-4-6-11-23(21)26(25)16-30(27)33-29/h4-7,9-17H,3,8H2,1-2H3. The highest BCUT2D eigenvalue weighted by atomic mass is 16.3. The van der Waals surface area contributed by atoms with Crippen LogP contribution in [0.25, 0.3) is 60.8 Å². The Hall–Kier alpha value is -3.91. The van der Waals surface area contributed by atoms with Gasteiger partial charge in [-0.15, -0.1) is 0 Å². The second-order valence-corrected chi connectivity index (χ2v) is 9.21. The highest BCUT2D eigenvalue weighted by Gasteiger charge is 2.19. The van der Waals surface area contributed by atoms with Crippen molar-refractivity contribution in [3.05, 3.63) is 95.2 Å². The van der Waals surface area contributed by atoms with Crippen molar-refractivity contribution in [2.24, 2.45) is 0 Å². The van der Waals surface area contributed by atoms with E-state index in [1.165, 1.54) is 43.8 Å². The second kappa shape index (κ2) is 6.79. The quantitative estimate of drug-likeness (QED) is 0.247. The number of furan rings is 1. The molecular weight excluding hydrogens is 402 g/mol. The zero-order chi connectivity index (χ0) is 22.1. The van der Waals surface area contributed by atoms with Gasteiger partial charge in [0.15, 0.2) is 0 Å². The van der Waals surface area contributed by atoms with E-state index in [1.54, 1.807) is 0 Å². The predicted molar refractivity (Wildman–Crippen MR) is 139 cm³/mol. The summed E-state index contributed by atoms with van der Waals surface area (Å²) in [6, 6.07) is 21.9. The molecule has 1 aliphatic carbocycles. The number of aryl methyl sites for hydroxylation is 3. The molecule has 158 valence electrons. The van der Waals surface area contributed by atoms with E-state index in [1.807, 2.05) is 6.20 Å². The van der Waals surface area contributed by atoms with Crippen LogP contribution >= 0.6 is 0 Å². The molecule has 0 amide bonds. The van der Waals surface area contributed by atoms with Crippen molar-refractivity contribution in [1.82, 2.24) is 4.98 Å². The first-order valence-electron chi connectivity index (χ1n) is 11.6. The van der Waals surface area contributed by atoms with Gasteiger partial charge in [0.05, 0.1) is 5.69 Å². The third kappa shape index (κ3) is 2.64. The lowest BCUT2D eigenvalue weighted by Gasteiger charge is -2.18. The minimum Gasteiger partial charge on any atom is -0.456 e. The van der Waals surface area contributed by atoms with Crippen molar-refractivity contribution in [3.63, 3.8) is 0 Å². The number of pyridine rings is 1. The van der Waals surface area contributed by atoms with Crippen LogP contribution in [-0.4, -0.2) is 4.98 Å². The maximum absolute atomic E-state index is 6.42. The van der Waals surface area contributed by atoms with Crippen LogP contribution in [0.2, 0.25) is 0 Å². The molecule has 0 aliphatic heterocycles. The van der Waals surface area contributed by atoms with Crippen LogP contribution in [0, 0.1) is 13.8 Å². The molecule has 0 spiro atoms. The zero-order valence-corrected chi connectivity index (χ0v) is 18.8. The Morgan fingerprint density at radius 2 is 1.64 bits per heavy atom. The van der Waals surface area contributed by atoms with Gasteiger partial charge in [-0.3, -0.25) is 4.98 Å². The van der Waals surface area contributed by atoms with E-state index in [-0.39, 0.29) is 0 Å². The van der Waals surface area contributed by atoms with E-state index < -0.39 is 0 Å². The molecule has 7 rings (SSSR count). The molecule has 4 aromatic carbocycles. The molecule has 2 heteroatoms. The van der Waals surface area contributed by atoms with Gasteiger partial charge in [0.1, 0.15) is 11.2 Å². The number of rotatable bonds is 1. The van der Waals surface area contributed by atoms with Gasteiger partial charge in [-0.2, -0.15) is 0 Å². The minimum absolute atomic E-state index is 0.909. The topological polar surface area (TPSA) is 26.0 Å². The van der Waals surface area contributed by atoms with Crippen LogP contribution in [-0.2, 0) is 6.42 Å². The fourth-order valence-corrected chi connectivity index (χ4v) is 5.48. The van der Waals surface area contributed by atoms with Crippen molar-refractivity contribution in [1.29, 1.82) is 0 Å². The third-order valence-corrected chi connectivity index (χ3v) is 7.29. The Morgan fingerprint density at radius 3 is 2.52 bits per heavy atom. The predicted octanol–water partition coefficient (Wildman–Crippen LogP) is 8.53. The highest BCUT2D eigenvalue weighted by molar-refractivity contribution is 6.21. The maximum atomic E-state index is 6.42. The molecule has 0 saturated heterocycles. The minimum atomic E-state index is 0.909. The summed E-state index contributed by atoms with van der Waals surface area (Å²) in [6.45, 7) is 4.25. The lowest BCUT2D eigenvalue weighted by Crippen LogP contribution is -1.97. The first-order chi connectivity index (χ1) is 16.2. The molecule has 0 N–H and O–H groups in total. The third-order valence-electron chi connectivity index (χ3n) is 7.29. The number of nitrogens with zero attached hydrogens (tertiary/aromatic N) is 1. The monoisotopic (exact) mass is 425 g/mol. The Labute approximate surface area is 192 Å². The van der Waals surface area contributed by atoms with Gasteiger partial charge < -0.3 is 4.42 Å². The van der Waals surface area contributed by atoms with Crippen LogP contribution in [0.3, 0.4) is 0 Å². The summed E-state index contributed by atoms with van der Waals surface area (Å²) in [4.78, 5) is 4.77. The van der Waals surface area contributed by atoms with E-state index in [4.69, 9.17) is 9.40 Å². The van der Waals surface area contributed by atoms with Crippen molar-refractivity contribution >= 4 is 49.6 Å². The maximum Gasteiger partial charge on any atom is 0.136 e. The lowest BCUT2D eigenvalue weighted by atomic mass is 9.86. The summed E-state index contributed by atoms with van der Waals surface area (Å²) in [6.07, 6.45) is 8.77. The molecular formula is C31H23NO. The molecule has 1 aliphatic rings. The number of hydrogen-bond acceptors (Lipinski definition) is 2. The van der Waals surface area contributed by atoms with E-state index in [0.29, 0.717) is 0 Å². The van der Waals surface area contributed by atoms with E-state index in [0.717, 1.165) is 46.0 Å². The second-order valence-electron chi connectivity index (χ2n) is 9.21. The summed E-state index contributed by atoms with van der Waals surface area (Å²) in [5.41, 5.74) is 9.23. The van der Waals surface area contributed by atoms with Gasteiger partial charge in [-0.25, -0.2) is 0 Å². The van der Waals surface area contributed by atoms with Crippen LogP contribution in [0.1, 0.15) is 28.7 Å². The van der Waals surface area contributed by atoms with Crippen LogP contribution in [0.4, 0.5) is 0 Å². The smallest absolute Gasteiger partial charge is 0.136 e. The van der Waals surface area contributed by atoms with Gasteiger partial charge in [0.2, 0.25) is 0 Å². The lowest BCUT2D eigenvalue weighted by molar-refractivity contribution is 0.669. The Kier molecular flexibility index (Phi) is 3.84. The van der Waals surface area contributed by atoms with Gasteiger partial charge in [0.25, 0.3) is 0 Å². The number of hydrogen-bond donors (Lipinski definition) is 0. The molecule has 6 aromatic rings. The van der Waals surface area contributed by atoms with Crippen molar-refractivity contribution in [2.75, 3.05) is 0 Å². The molecule has 2 aromatic heterocycles. The number of allylic oxidation sites excluding steroid dienone is 1. The number of benzene rings is 4. The van der Waals surface area contributed by atoms with Gasteiger partial charge in [-0.05, 0) is 94.8 Å². The Balaban J connectivity index is 1.64. The SMILES string of the molecule is Cc1cnc(-c2cccc3oc4cc5c(cc4c23)c2c(c3ccccc35)CCC=C2)cc1C. The summed E-state index contributed by atoms with van der Waals surface area (Å²) in [7, 11) is 0. The highest BCUT2D eigenvalue weighted by Crippen LogP contribution is 2.42. The first-order valence-corrected chi connectivity index (χ1v) is 11.6. The van der Waals surface area contributed by atoms with Gasteiger partial charge in [-0.1, -0.05) is 48.6 Å². The summed E-state index contributed by atoms with van der Waals surface area (Å²) >= 11 is 0. The number of fused-ring (bicyclic) bond motifs is 9. The molecule has 0 bridgehead atoms. The van der Waals surface area contributed by atoms with Crippen molar-refractivity contribution in [2.45, 2.75) is 26.7 Å². The summed E-state index contributed by atoms with van der Waals surface area (Å²) in [5.74, 6) is 0. The fraction of sp³-hybridized carbons (Fsp3) is 0.129. The van der Waals surface area contributed by atoms with Crippen LogP contribution < -0.4 is 0 Å². The summed E-state index contributed by atoms with van der Waals surface area (Å²) in [5, 5.41) is 7.53. The Bertz CT molecular complexity index is 1780. The van der Waals surface area contributed by atoms with Gasteiger partial charge in [0, 0.05) is 22.5 Å². The molecule has 0 unspecified atom stereocenters. The molecule has 0 atom stereocenters. The number of aromatic nitrogens is 1. The molecule has 0 radical (unpaired) electrons. The van der Waals surface area contributed by atoms with Crippen molar-refractivity contribution in [3.8, 4) is 11.3 Å². The average Bonchev–Trinajstić information content (AvgIpc) is 3.23. The Morgan fingerprint density at radius 1 is 0.758 bits per heavy atom. The molecule has 0 saturated carbocycles. The molecule has 0 fully saturated rings. The molecule has 2 nitrogen and oxygen atoms in total.